The van der Waals surface area contributed by atoms with Crippen LogP contribution in [-0.4, -0.2) is 64.5 Å². The van der Waals surface area contributed by atoms with Crippen LogP contribution in [0.15, 0.2) is 0 Å². The first kappa shape index (κ1) is 24.7. The van der Waals surface area contributed by atoms with Gasteiger partial charge < -0.3 is 0 Å². The van der Waals surface area contributed by atoms with E-state index < -0.39 is 64.5 Å². The predicted molar refractivity (Wildman–Crippen MR) is 52.3 cm³/mol. The van der Waals surface area contributed by atoms with E-state index in [1.165, 1.54) is 0 Å². The van der Waals surface area contributed by atoms with E-state index in [9.17, 15) is 83.8 Å². The van der Waals surface area contributed by atoms with E-state index in [4.69, 9.17) is 0 Å². The van der Waals surface area contributed by atoms with Crippen LogP contribution in [0.3, 0.4) is 0 Å². The highest BCUT2D eigenvalue weighted by molar-refractivity contribution is 5.84. The summed E-state index contributed by atoms with van der Waals surface area (Å²) in [5, 5.41) is 0. The molecule has 0 aromatic rings. The molecule has 3 atom stereocenters. The van der Waals surface area contributed by atoms with Crippen LogP contribution >= 0.6 is 0 Å². The van der Waals surface area contributed by atoms with Gasteiger partial charge in [-0.15, -0.1) is 0 Å². The van der Waals surface area contributed by atoms with Crippen LogP contribution in [0.4, 0.5) is 79.0 Å². The summed E-state index contributed by atoms with van der Waals surface area (Å²) >= 11 is 0. The van der Waals surface area contributed by atoms with Gasteiger partial charge in [0.05, 0.1) is 0 Å². The zero-order valence-electron chi connectivity index (χ0n) is 12.7. The number of alkyl halides is 17. The standard InChI is InChI=1S/C11F18O/c12-1(30)2(13)3(14)4(15,7(20,21)9(24,25)5(2,16)17)8(22,23)11(28,29)10(26,27)6(3,18)19. The Morgan fingerprint density at radius 1 is 0.367 bits per heavy atom. The summed E-state index contributed by atoms with van der Waals surface area (Å²) in [6.07, 6.45) is 0. The minimum Gasteiger partial charge on any atom is -0.257 e. The highest BCUT2D eigenvalue weighted by atomic mass is 19.4. The Morgan fingerprint density at radius 3 is 0.867 bits per heavy atom. The highest BCUT2D eigenvalue weighted by Crippen LogP contribution is 2.80. The van der Waals surface area contributed by atoms with Crippen molar-refractivity contribution >= 4 is 6.04 Å². The molecule has 30 heavy (non-hydrogen) atoms. The highest BCUT2D eigenvalue weighted by Gasteiger charge is 3.15. The third-order valence-corrected chi connectivity index (χ3v) is 4.92. The van der Waals surface area contributed by atoms with E-state index in [-0.39, 0.29) is 0 Å². The molecule has 0 aliphatic heterocycles. The quantitative estimate of drug-likeness (QED) is 0.371. The number of carbonyl (C=O) groups is 1. The molecular weight excluding hydrogens is 490 g/mol. The molecule has 0 spiro atoms. The van der Waals surface area contributed by atoms with Gasteiger partial charge in [0.25, 0.3) is 11.3 Å². The van der Waals surface area contributed by atoms with Crippen molar-refractivity contribution in [1.29, 1.82) is 0 Å². The van der Waals surface area contributed by atoms with Gasteiger partial charge in [-0.05, 0) is 0 Å². The molecule has 2 aliphatic carbocycles. The molecular formula is C11F18O. The monoisotopic (exact) mass is 490 g/mol. The van der Waals surface area contributed by atoms with Gasteiger partial charge in [0.2, 0.25) is 0 Å². The number of rotatable bonds is 1. The fraction of sp³-hybridized carbons (Fsp3) is 0.909. The molecule has 2 rings (SSSR count). The van der Waals surface area contributed by atoms with Gasteiger partial charge in [0.15, 0.2) is 0 Å². The number of hydrogen-bond donors (Lipinski definition) is 0. The number of halogens is 18. The Balaban J connectivity index is 3.34. The van der Waals surface area contributed by atoms with Crippen LogP contribution in [0.5, 0.6) is 0 Å². The molecule has 2 saturated carbocycles. The molecule has 1 nitrogen and oxygen atoms in total. The molecule has 0 saturated heterocycles. The van der Waals surface area contributed by atoms with Gasteiger partial charge >= 0.3 is 53.2 Å². The molecule has 2 fully saturated rings. The SMILES string of the molecule is O=C(F)C1(F)C(F)(F)C(F)(F)C(F)(F)C2(F)C(F)(F)C(F)(F)C(F)(F)C(F)(F)C12F. The van der Waals surface area contributed by atoms with Gasteiger partial charge in [-0.1, -0.05) is 0 Å². The largest absolute Gasteiger partial charge is 0.382 e. The number of carbonyl (C=O) groups excluding carboxylic acids is 1. The second-order valence-electron chi connectivity index (χ2n) is 6.27. The van der Waals surface area contributed by atoms with E-state index in [2.05, 4.69) is 0 Å². The van der Waals surface area contributed by atoms with Gasteiger partial charge in [0.1, 0.15) is 0 Å². The molecule has 3 unspecified atom stereocenters. The van der Waals surface area contributed by atoms with Gasteiger partial charge in [0, 0.05) is 0 Å². The van der Waals surface area contributed by atoms with E-state index in [1.54, 1.807) is 0 Å². The minimum atomic E-state index is -8.75. The Morgan fingerprint density at radius 2 is 0.600 bits per heavy atom. The number of hydrogen-bond acceptors (Lipinski definition) is 1. The van der Waals surface area contributed by atoms with Crippen molar-refractivity contribution in [2.24, 2.45) is 0 Å². The Bertz CT molecular complexity index is 790. The van der Waals surface area contributed by atoms with Crippen molar-refractivity contribution in [3.8, 4) is 0 Å². The first-order valence-electron chi connectivity index (χ1n) is 6.61. The third kappa shape index (κ3) is 1.59. The first-order valence-corrected chi connectivity index (χ1v) is 6.61. The van der Waals surface area contributed by atoms with E-state index >= 15 is 0 Å². The van der Waals surface area contributed by atoms with Crippen molar-refractivity contribution in [2.75, 3.05) is 0 Å². The fourth-order valence-corrected chi connectivity index (χ4v) is 3.23. The van der Waals surface area contributed by atoms with Crippen LogP contribution < -0.4 is 0 Å². The fourth-order valence-electron chi connectivity index (χ4n) is 3.23. The zero-order chi connectivity index (χ0) is 24.6. The molecule has 0 amide bonds. The van der Waals surface area contributed by atoms with Gasteiger partial charge in [-0.2, -0.15) is 65.9 Å². The summed E-state index contributed by atoms with van der Waals surface area (Å²) in [7, 11) is 0. The summed E-state index contributed by atoms with van der Waals surface area (Å²) in [6, 6.07) is -5.39. The predicted octanol–water partition coefficient (Wildman–Crippen LogP) is 5.08. The molecule has 176 valence electrons. The van der Waals surface area contributed by atoms with Crippen LogP contribution in [0.1, 0.15) is 0 Å². The normalized spacial score (nSPS) is 44.1. The van der Waals surface area contributed by atoms with Gasteiger partial charge in [-0.3, -0.25) is 4.79 Å². The lowest BCUT2D eigenvalue weighted by atomic mass is 9.51. The molecule has 0 aromatic heterocycles. The first-order chi connectivity index (χ1) is 12.7. The maximum atomic E-state index is 14.6. The van der Waals surface area contributed by atoms with Crippen LogP contribution in [-0.2, 0) is 4.79 Å². The lowest BCUT2D eigenvalue weighted by Crippen LogP contribution is -2.99. The smallest absolute Gasteiger partial charge is 0.257 e. The molecule has 0 N–H and O–H groups in total. The molecule has 0 radical (unpaired) electrons. The zero-order valence-corrected chi connectivity index (χ0v) is 12.7. The average Bonchev–Trinajstić information content (AvgIpc) is 2.55. The van der Waals surface area contributed by atoms with Crippen molar-refractivity contribution < 1.29 is 83.8 Å². The maximum Gasteiger partial charge on any atom is 0.382 e. The Labute approximate surface area is 150 Å². The molecule has 2 aliphatic rings. The van der Waals surface area contributed by atoms with Crippen LogP contribution in [0, 0.1) is 0 Å². The van der Waals surface area contributed by atoms with Crippen molar-refractivity contribution in [1.82, 2.24) is 0 Å². The maximum absolute atomic E-state index is 14.6. The molecule has 0 heterocycles. The van der Waals surface area contributed by atoms with Crippen LogP contribution in [0.25, 0.3) is 0 Å². The molecule has 0 bridgehead atoms. The van der Waals surface area contributed by atoms with Crippen molar-refractivity contribution in [3.05, 3.63) is 0 Å². The third-order valence-electron chi connectivity index (χ3n) is 4.92. The topological polar surface area (TPSA) is 17.1 Å². The molecule has 19 heteroatoms. The van der Waals surface area contributed by atoms with Gasteiger partial charge in [-0.25, -0.2) is 13.2 Å². The molecule has 0 aromatic carbocycles. The summed E-state index contributed by atoms with van der Waals surface area (Å²) in [6.45, 7) is 0. The van der Waals surface area contributed by atoms with E-state index in [1.807, 2.05) is 0 Å². The Kier molecular flexibility index (Phi) is 4.17. The number of fused-ring (bicyclic) bond motifs is 1. The lowest BCUT2D eigenvalue weighted by molar-refractivity contribution is -0.542. The summed E-state index contributed by atoms with van der Waals surface area (Å²) in [4.78, 5) is 10.4. The second-order valence-corrected chi connectivity index (χ2v) is 6.27. The lowest BCUT2D eigenvalue weighted by Gasteiger charge is -2.64. The summed E-state index contributed by atoms with van der Waals surface area (Å²) in [5.74, 6) is -59.0. The summed E-state index contributed by atoms with van der Waals surface area (Å²) < 4.78 is 245. The Hall–Kier alpha value is -1.59. The average molecular weight is 490 g/mol. The second kappa shape index (κ2) is 5.07. The van der Waals surface area contributed by atoms with Crippen molar-refractivity contribution in [2.45, 2.75) is 58.5 Å². The van der Waals surface area contributed by atoms with E-state index in [0.29, 0.717) is 0 Å². The van der Waals surface area contributed by atoms with E-state index in [0.717, 1.165) is 0 Å². The van der Waals surface area contributed by atoms with Crippen molar-refractivity contribution in [3.63, 3.8) is 0 Å². The van der Waals surface area contributed by atoms with Crippen LogP contribution in [0.2, 0.25) is 0 Å². The summed E-state index contributed by atoms with van der Waals surface area (Å²) in [5.41, 5.74) is -25.8. The minimum absolute atomic E-state index is 5.39.